The number of benzene rings is 1. The summed E-state index contributed by atoms with van der Waals surface area (Å²) in [5.41, 5.74) is 0.798. The summed E-state index contributed by atoms with van der Waals surface area (Å²) in [6.07, 6.45) is 1.62. The molecule has 2 N–H and O–H groups in total. The molecule has 0 aliphatic rings. The maximum atomic E-state index is 10.5. The highest BCUT2D eigenvalue weighted by atomic mass is 79.9. The van der Waals surface area contributed by atoms with Crippen molar-refractivity contribution in [1.82, 2.24) is 14.9 Å². The molecule has 21 heavy (non-hydrogen) atoms. The fourth-order valence-corrected chi connectivity index (χ4v) is 2.22. The lowest BCUT2D eigenvalue weighted by Crippen LogP contribution is -2.09. The number of rotatable bonds is 5. The van der Waals surface area contributed by atoms with E-state index in [0.717, 1.165) is 5.56 Å². The van der Waals surface area contributed by atoms with E-state index in [4.69, 9.17) is 22.1 Å². The van der Waals surface area contributed by atoms with Gasteiger partial charge in [-0.05, 0) is 58.8 Å². The molecular weight excluding hydrogens is 360 g/mol. The van der Waals surface area contributed by atoms with Crippen molar-refractivity contribution in [2.75, 3.05) is 6.61 Å². The first-order chi connectivity index (χ1) is 9.97. The maximum absolute atomic E-state index is 10.5. The lowest BCUT2D eigenvalue weighted by molar-refractivity contribution is -0.139. The first kappa shape index (κ1) is 15.4. The predicted molar refractivity (Wildman–Crippen MR) is 82.4 cm³/mol. The molecule has 1 heterocycles. The topological polar surface area (TPSA) is 92.5 Å². The van der Waals surface area contributed by atoms with Gasteiger partial charge in [0.15, 0.2) is 6.61 Å². The number of H-pyrrole nitrogens is 1. The van der Waals surface area contributed by atoms with Gasteiger partial charge in [-0.25, -0.2) is 4.79 Å². The number of carbonyl (C=O) groups is 1. The number of hydrogen-bond acceptors (Lipinski definition) is 5. The van der Waals surface area contributed by atoms with Crippen LogP contribution in [0.1, 0.15) is 11.4 Å². The SMILES string of the molecule is Cc1n[nH]c(=S)n1/N=C\c1ccc(OCC(=O)O)c(Br)c1. The molecule has 1 aromatic heterocycles. The quantitative estimate of drug-likeness (QED) is 0.622. The second kappa shape index (κ2) is 6.64. The van der Waals surface area contributed by atoms with Crippen LogP contribution in [0.15, 0.2) is 27.8 Å². The summed E-state index contributed by atoms with van der Waals surface area (Å²) in [5, 5.41) is 19.4. The number of hydrogen-bond donors (Lipinski definition) is 2. The molecular formula is C12H11BrN4O3S. The van der Waals surface area contributed by atoms with E-state index in [-0.39, 0.29) is 0 Å². The number of aliphatic carboxylic acids is 1. The van der Waals surface area contributed by atoms with Gasteiger partial charge in [-0.1, -0.05) is 0 Å². The number of nitrogens with one attached hydrogen (secondary N) is 1. The Hall–Kier alpha value is -2.00. The Morgan fingerprint density at radius 3 is 3.00 bits per heavy atom. The van der Waals surface area contributed by atoms with E-state index in [1.807, 2.05) is 0 Å². The average molecular weight is 371 g/mol. The van der Waals surface area contributed by atoms with Gasteiger partial charge in [0.1, 0.15) is 11.6 Å². The normalized spacial score (nSPS) is 11.0. The smallest absolute Gasteiger partial charge is 0.341 e. The van der Waals surface area contributed by atoms with Crippen molar-refractivity contribution in [2.45, 2.75) is 6.92 Å². The van der Waals surface area contributed by atoms with E-state index >= 15 is 0 Å². The van der Waals surface area contributed by atoms with Gasteiger partial charge in [0.2, 0.25) is 4.77 Å². The fourth-order valence-electron chi connectivity index (χ4n) is 1.48. The Morgan fingerprint density at radius 1 is 1.67 bits per heavy atom. The van der Waals surface area contributed by atoms with Crippen molar-refractivity contribution in [2.24, 2.45) is 5.10 Å². The summed E-state index contributed by atoms with van der Waals surface area (Å²) in [5.74, 6) is 0.0692. The zero-order chi connectivity index (χ0) is 15.4. The molecule has 0 unspecified atom stereocenters. The lowest BCUT2D eigenvalue weighted by Gasteiger charge is -2.06. The highest BCUT2D eigenvalue weighted by Crippen LogP contribution is 2.25. The summed E-state index contributed by atoms with van der Waals surface area (Å²) >= 11 is 8.36. The second-order valence-electron chi connectivity index (χ2n) is 4.00. The van der Waals surface area contributed by atoms with Crippen LogP contribution in [0.3, 0.4) is 0 Å². The molecule has 2 rings (SSSR count). The van der Waals surface area contributed by atoms with Gasteiger partial charge in [-0.15, -0.1) is 0 Å². The molecule has 9 heteroatoms. The summed E-state index contributed by atoms with van der Waals surface area (Å²) < 4.78 is 7.66. The standard InChI is InChI=1S/C12H11BrN4O3S/c1-7-15-16-12(21)17(7)14-5-8-2-3-10(9(13)4-8)20-6-11(18)19/h2-5H,6H2,1H3,(H,16,21)(H,18,19)/b14-5-. The molecule has 0 atom stereocenters. The van der Waals surface area contributed by atoms with Crippen molar-refractivity contribution in [3.63, 3.8) is 0 Å². The number of carboxylic acid groups (broad SMARTS) is 1. The minimum atomic E-state index is -1.03. The summed E-state index contributed by atoms with van der Waals surface area (Å²) in [4.78, 5) is 10.5. The Morgan fingerprint density at radius 2 is 2.43 bits per heavy atom. The van der Waals surface area contributed by atoms with Crippen LogP contribution in [0.4, 0.5) is 0 Å². The van der Waals surface area contributed by atoms with Gasteiger partial charge >= 0.3 is 5.97 Å². The van der Waals surface area contributed by atoms with Crippen LogP contribution in [0.5, 0.6) is 5.75 Å². The van der Waals surface area contributed by atoms with Crippen LogP contribution < -0.4 is 4.74 Å². The third-order valence-electron chi connectivity index (χ3n) is 2.44. The largest absolute Gasteiger partial charge is 0.481 e. The van der Waals surface area contributed by atoms with Gasteiger partial charge in [-0.3, -0.25) is 5.10 Å². The monoisotopic (exact) mass is 370 g/mol. The number of aromatic nitrogens is 3. The molecule has 0 aliphatic carbocycles. The molecule has 0 aliphatic heterocycles. The molecule has 0 bridgehead atoms. The Balaban J connectivity index is 2.17. The van der Waals surface area contributed by atoms with Crippen molar-refractivity contribution in [3.05, 3.63) is 38.8 Å². The van der Waals surface area contributed by atoms with Gasteiger partial charge in [0, 0.05) is 0 Å². The van der Waals surface area contributed by atoms with Crippen LogP contribution in [-0.4, -0.2) is 38.8 Å². The molecule has 0 amide bonds. The average Bonchev–Trinajstić information content (AvgIpc) is 2.74. The van der Waals surface area contributed by atoms with Crippen LogP contribution >= 0.6 is 28.1 Å². The van der Waals surface area contributed by atoms with E-state index < -0.39 is 12.6 Å². The van der Waals surface area contributed by atoms with E-state index in [2.05, 4.69) is 31.2 Å². The number of carboxylic acids is 1. The molecule has 0 saturated heterocycles. The van der Waals surface area contributed by atoms with E-state index in [0.29, 0.717) is 20.8 Å². The zero-order valence-electron chi connectivity index (χ0n) is 10.9. The van der Waals surface area contributed by atoms with Crippen LogP contribution in [0.25, 0.3) is 0 Å². The third-order valence-corrected chi connectivity index (χ3v) is 3.33. The first-order valence-corrected chi connectivity index (χ1v) is 7.00. The lowest BCUT2D eigenvalue weighted by atomic mass is 10.2. The predicted octanol–water partition coefficient (Wildman–Crippen LogP) is 2.36. The molecule has 2 aromatic rings. The Kier molecular flexibility index (Phi) is 4.86. The maximum Gasteiger partial charge on any atom is 0.341 e. The first-order valence-electron chi connectivity index (χ1n) is 5.80. The number of ether oxygens (including phenoxy) is 1. The molecule has 110 valence electrons. The van der Waals surface area contributed by atoms with Crippen molar-refractivity contribution in [3.8, 4) is 5.75 Å². The Bertz CT molecular complexity index is 753. The van der Waals surface area contributed by atoms with Crippen LogP contribution in [-0.2, 0) is 4.79 Å². The fraction of sp³-hybridized carbons (Fsp3) is 0.167. The van der Waals surface area contributed by atoms with Crippen molar-refractivity contribution >= 4 is 40.3 Å². The van der Waals surface area contributed by atoms with Gasteiger partial charge in [0.05, 0.1) is 10.7 Å². The summed E-state index contributed by atoms with van der Waals surface area (Å²) in [7, 11) is 0. The zero-order valence-corrected chi connectivity index (χ0v) is 13.3. The molecule has 0 saturated carbocycles. The van der Waals surface area contributed by atoms with E-state index in [9.17, 15) is 4.79 Å². The third kappa shape index (κ3) is 3.99. The minimum Gasteiger partial charge on any atom is -0.481 e. The van der Waals surface area contributed by atoms with Gasteiger partial charge < -0.3 is 9.84 Å². The number of aromatic amines is 1. The minimum absolute atomic E-state index is 0.393. The number of halogens is 1. The van der Waals surface area contributed by atoms with E-state index in [1.165, 1.54) is 4.68 Å². The summed E-state index contributed by atoms with van der Waals surface area (Å²) in [6, 6.07) is 5.18. The van der Waals surface area contributed by atoms with Crippen molar-refractivity contribution < 1.29 is 14.6 Å². The van der Waals surface area contributed by atoms with Crippen LogP contribution in [0, 0.1) is 11.7 Å². The molecule has 7 nitrogen and oxygen atoms in total. The van der Waals surface area contributed by atoms with E-state index in [1.54, 1.807) is 31.3 Å². The van der Waals surface area contributed by atoms with Gasteiger partial charge in [0.25, 0.3) is 0 Å². The highest BCUT2D eigenvalue weighted by Gasteiger charge is 2.05. The second-order valence-corrected chi connectivity index (χ2v) is 5.25. The molecule has 0 fully saturated rings. The Labute approximate surface area is 133 Å². The molecule has 0 spiro atoms. The van der Waals surface area contributed by atoms with Gasteiger partial charge in [-0.2, -0.15) is 14.9 Å². The highest BCUT2D eigenvalue weighted by molar-refractivity contribution is 9.10. The molecule has 0 radical (unpaired) electrons. The summed E-state index contributed by atoms with van der Waals surface area (Å²) in [6.45, 7) is 1.39. The van der Waals surface area contributed by atoms with Crippen molar-refractivity contribution in [1.29, 1.82) is 0 Å². The molecule has 1 aromatic carbocycles. The number of aryl methyl sites for hydroxylation is 1. The number of nitrogens with zero attached hydrogens (tertiary/aromatic N) is 3. The van der Waals surface area contributed by atoms with Crippen LogP contribution in [0.2, 0.25) is 0 Å².